The molecule has 0 heterocycles. The molecule has 0 unspecified atom stereocenters. The summed E-state index contributed by atoms with van der Waals surface area (Å²) >= 11 is 4.52. The van der Waals surface area contributed by atoms with Gasteiger partial charge in [0, 0.05) is 18.7 Å². The minimum absolute atomic E-state index is 0.101. The first-order valence-corrected chi connectivity index (χ1v) is 7.31. The molecule has 0 aromatic heterocycles. The number of benzene rings is 1. The zero-order valence-electron chi connectivity index (χ0n) is 11.0. The molecule has 0 atom stereocenters. The fourth-order valence-corrected chi connectivity index (χ4v) is 3.45. The summed E-state index contributed by atoms with van der Waals surface area (Å²) in [6.07, 6.45) is 5.15. The van der Waals surface area contributed by atoms with Gasteiger partial charge in [0.05, 0.1) is 0 Å². The molecule has 1 aliphatic carbocycles. The van der Waals surface area contributed by atoms with Crippen LogP contribution in [0.1, 0.15) is 31.2 Å². The van der Waals surface area contributed by atoms with Gasteiger partial charge < -0.3 is 4.90 Å². The Morgan fingerprint density at radius 1 is 1.28 bits per heavy atom. The number of rotatable bonds is 5. The molecule has 1 saturated carbocycles. The third-order valence-corrected chi connectivity index (χ3v) is 4.67. The Hall–Kier alpha value is -0.540. The van der Waals surface area contributed by atoms with Crippen LogP contribution in [0.2, 0.25) is 0 Å². The molecule has 3 heteroatoms. The van der Waals surface area contributed by atoms with Crippen molar-refractivity contribution in [2.45, 2.75) is 32.2 Å². The molecular formula is C15H22FNS. The van der Waals surface area contributed by atoms with Gasteiger partial charge in [0.1, 0.15) is 5.82 Å². The van der Waals surface area contributed by atoms with Gasteiger partial charge in [0.15, 0.2) is 0 Å². The van der Waals surface area contributed by atoms with Crippen LogP contribution in [0, 0.1) is 11.2 Å². The Morgan fingerprint density at radius 3 is 2.56 bits per heavy atom. The van der Waals surface area contributed by atoms with Crippen LogP contribution in [-0.4, -0.2) is 24.2 Å². The first-order valence-electron chi connectivity index (χ1n) is 6.68. The topological polar surface area (TPSA) is 3.24 Å². The van der Waals surface area contributed by atoms with Crippen molar-refractivity contribution >= 4 is 12.6 Å². The second-order valence-electron chi connectivity index (χ2n) is 5.63. The second kappa shape index (κ2) is 6.07. The molecule has 1 fully saturated rings. The number of hydrogen-bond acceptors (Lipinski definition) is 2. The maximum atomic E-state index is 13.6. The SMILES string of the molecule is CN(Cc1ccccc1F)CC1(CS)CCCC1. The predicted molar refractivity (Wildman–Crippen MR) is 77.5 cm³/mol. The smallest absolute Gasteiger partial charge is 0.127 e. The van der Waals surface area contributed by atoms with Crippen molar-refractivity contribution in [1.82, 2.24) is 4.90 Å². The fourth-order valence-electron chi connectivity index (χ4n) is 3.04. The van der Waals surface area contributed by atoms with Gasteiger partial charge in [-0.05, 0) is 37.1 Å². The van der Waals surface area contributed by atoms with E-state index in [0.717, 1.165) is 17.9 Å². The Kier molecular flexibility index (Phi) is 4.68. The van der Waals surface area contributed by atoms with Crippen LogP contribution in [0.15, 0.2) is 24.3 Å². The van der Waals surface area contributed by atoms with E-state index in [1.54, 1.807) is 6.07 Å². The zero-order valence-corrected chi connectivity index (χ0v) is 11.9. The highest BCUT2D eigenvalue weighted by atomic mass is 32.1. The second-order valence-corrected chi connectivity index (χ2v) is 5.95. The van der Waals surface area contributed by atoms with Crippen LogP contribution in [0.5, 0.6) is 0 Å². The molecule has 0 spiro atoms. The quantitative estimate of drug-likeness (QED) is 0.795. The highest BCUT2D eigenvalue weighted by Gasteiger charge is 2.33. The van der Waals surface area contributed by atoms with Crippen molar-refractivity contribution in [3.8, 4) is 0 Å². The van der Waals surface area contributed by atoms with Gasteiger partial charge in [-0.1, -0.05) is 31.0 Å². The molecule has 0 radical (unpaired) electrons. The first kappa shape index (κ1) is 13.9. The van der Waals surface area contributed by atoms with Crippen LogP contribution in [-0.2, 0) is 6.54 Å². The van der Waals surface area contributed by atoms with Gasteiger partial charge in [0.25, 0.3) is 0 Å². The van der Waals surface area contributed by atoms with Crippen molar-refractivity contribution in [2.24, 2.45) is 5.41 Å². The maximum absolute atomic E-state index is 13.6. The Labute approximate surface area is 115 Å². The molecule has 0 saturated heterocycles. The highest BCUT2D eigenvalue weighted by Crippen LogP contribution is 2.39. The minimum Gasteiger partial charge on any atom is -0.301 e. The van der Waals surface area contributed by atoms with E-state index in [1.807, 2.05) is 12.1 Å². The van der Waals surface area contributed by atoms with Gasteiger partial charge in [-0.2, -0.15) is 12.6 Å². The van der Waals surface area contributed by atoms with Crippen molar-refractivity contribution in [1.29, 1.82) is 0 Å². The lowest BCUT2D eigenvalue weighted by atomic mass is 9.88. The lowest BCUT2D eigenvalue weighted by Gasteiger charge is -2.32. The number of halogens is 1. The Balaban J connectivity index is 1.96. The minimum atomic E-state index is -0.101. The van der Waals surface area contributed by atoms with Gasteiger partial charge >= 0.3 is 0 Å². The molecule has 0 amide bonds. The van der Waals surface area contributed by atoms with Gasteiger partial charge in [-0.3, -0.25) is 0 Å². The van der Waals surface area contributed by atoms with Crippen molar-refractivity contribution in [2.75, 3.05) is 19.3 Å². The summed E-state index contributed by atoms with van der Waals surface area (Å²) in [6, 6.07) is 7.04. The van der Waals surface area contributed by atoms with E-state index in [0.29, 0.717) is 12.0 Å². The van der Waals surface area contributed by atoms with E-state index in [1.165, 1.54) is 31.7 Å². The molecule has 0 bridgehead atoms. The summed E-state index contributed by atoms with van der Waals surface area (Å²) in [5, 5.41) is 0. The van der Waals surface area contributed by atoms with E-state index in [-0.39, 0.29) is 5.82 Å². The fraction of sp³-hybridized carbons (Fsp3) is 0.600. The lowest BCUT2D eigenvalue weighted by Crippen LogP contribution is -2.35. The number of hydrogen-bond donors (Lipinski definition) is 1. The predicted octanol–water partition coefficient (Wildman–Crippen LogP) is 3.75. The molecule has 0 aliphatic heterocycles. The Morgan fingerprint density at radius 2 is 1.94 bits per heavy atom. The summed E-state index contributed by atoms with van der Waals surface area (Å²) in [6.45, 7) is 1.70. The molecule has 100 valence electrons. The average molecular weight is 267 g/mol. The van der Waals surface area contributed by atoms with Crippen LogP contribution in [0.4, 0.5) is 4.39 Å². The molecule has 1 nitrogen and oxygen atoms in total. The molecule has 1 aromatic carbocycles. The molecule has 2 rings (SSSR count). The van der Waals surface area contributed by atoms with E-state index in [2.05, 4.69) is 24.6 Å². The van der Waals surface area contributed by atoms with Crippen molar-refractivity contribution in [3.05, 3.63) is 35.6 Å². The summed E-state index contributed by atoms with van der Waals surface area (Å²) in [5.41, 5.74) is 1.13. The molecule has 18 heavy (non-hydrogen) atoms. The lowest BCUT2D eigenvalue weighted by molar-refractivity contribution is 0.194. The van der Waals surface area contributed by atoms with E-state index in [4.69, 9.17) is 0 Å². The maximum Gasteiger partial charge on any atom is 0.127 e. The van der Waals surface area contributed by atoms with Crippen molar-refractivity contribution < 1.29 is 4.39 Å². The molecule has 1 aromatic rings. The van der Waals surface area contributed by atoms with Crippen LogP contribution < -0.4 is 0 Å². The average Bonchev–Trinajstić information content (AvgIpc) is 2.81. The molecule has 1 aliphatic rings. The first-order chi connectivity index (χ1) is 8.65. The summed E-state index contributed by atoms with van der Waals surface area (Å²) in [5.74, 6) is 0.838. The number of thiol groups is 1. The standard InChI is InChI=1S/C15H22FNS/c1-17(10-13-6-2-3-7-14(13)16)11-15(12-18)8-4-5-9-15/h2-3,6-7,18H,4-5,8-12H2,1H3. The third kappa shape index (κ3) is 3.27. The van der Waals surface area contributed by atoms with Crippen LogP contribution in [0.3, 0.4) is 0 Å². The normalized spacial score (nSPS) is 18.4. The zero-order chi connectivity index (χ0) is 13.0. The van der Waals surface area contributed by atoms with Crippen LogP contribution in [0.25, 0.3) is 0 Å². The Bertz CT molecular complexity index is 388. The van der Waals surface area contributed by atoms with E-state index < -0.39 is 0 Å². The van der Waals surface area contributed by atoms with Gasteiger partial charge in [-0.25, -0.2) is 4.39 Å². The van der Waals surface area contributed by atoms with E-state index >= 15 is 0 Å². The number of nitrogens with zero attached hydrogens (tertiary/aromatic N) is 1. The summed E-state index contributed by atoms with van der Waals surface area (Å²) in [4.78, 5) is 2.24. The summed E-state index contributed by atoms with van der Waals surface area (Å²) < 4.78 is 13.6. The van der Waals surface area contributed by atoms with Crippen LogP contribution >= 0.6 is 12.6 Å². The van der Waals surface area contributed by atoms with E-state index in [9.17, 15) is 4.39 Å². The molecular weight excluding hydrogens is 245 g/mol. The van der Waals surface area contributed by atoms with Crippen molar-refractivity contribution in [3.63, 3.8) is 0 Å². The van der Waals surface area contributed by atoms with Gasteiger partial charge in [0.2, 0.25) is 0 Å². The highest BCUT2D eigenvalue weighted by molar-refractivity contribution is 7.80. The summed E-state index contributed by atoms with van der Waals surface area (Å²) in [7, 11) is 2.08. The molecule has 0 N–H and O–H groups in total. The largest absolute Gasteiger partial charge is 0.301 e. The monoisotopic (exact) mass is 267 g/mol. The van der Waals surface area contributed by atoms with Gasteiger partial charge in [-0.15, -0.1) is 0 Å². The third-order valence-electron chi connectivity index (χ3n) is 4.00.